The van der Waals surface area contributed by atoms with Gasteiger partial charge in [-0.05, 0) is 30.5 Å². The Bertz CT molecular complexity index is 1210. The van der Waals surface area contributed by atoms with E-state index in [-0.39, 0.29) is 6.10 Å². The summed E-state index contributed by atoms with van der Waals surface area (Å²) in [5.74, 6) is 1.61. The summed E-state index contributed by atoms with van der Waals surface area (Å²) in [7, 11) is 0.381. The van der Waals surface area contributed by atoms with Crippen molar-refractivity contribution in [3.05, 3.63) is 47.6 Å². The molecule has 1 N–H and O–H groups in total. The Labute approximate surface area is 189 Å². The van der Waals surface area contributed by atoms with Gasteiger partial charge in [-0.25, -0.2) is 8.42 Å². The molecule has 1 aromatic heterocycles. The SMILES string of the molecule is COCC1CNC2=C(O1)C(c1cc3c(S(C)(=O)=O)cccc3n1CCC1CC1)=CN(C)C2. The van der Waals surface area contributed by atoms with Gasteiger partial charge in [0.05, 0.1) is 41.6 Å². The van der Waals surface area contributed by atoms with Gasteiger partial charge in [0.2, 0.25) is 0 Å². The van der Waals surface area contributed by atoms with E-state index in [9.17, 15) is 8.42 Å². The number of hydrogen-bond acceptors (Lipinski definition) is 6. The average molecular weight is 458 g/mol. The molecule has 0 amide bonds. The fourth-order valence-corrected chi connectivity index (χ4v) is 5.64. The molecule has 2 aromatic rings. The van der Waals surface area contributed by atoms with E-state index in [1.54, 1.807) is 13.2 Å². The molecule has 1 unspecified atom stereocenters. The number of aromatic nitrogens is 1. The molecule has 172 valence electrons. The van der Waals surface area contributed by atoms with Crippen molar-refractivity contribution < 1.29 is 17.9 Å². The Kier molecular flexibility index (Phi) is 5.45. The molecule has 0 spiro atoms. The van der Waals surface area contributed by atoms with E-state index in [1.807, 2.05) is 25.2 Å². The number of sulfone groups is 1. The van der Waals surface area contributed by atoms with E-state index in [1.165, 1.54) is 19.1 Å². The van der Waals surface area contributed by atoms with Crippen molar-refractivity contribution in [2.45, 2.75) is 36.8 Å². The van der Waals surface area contributed by atoms with Crippen molar-refractivity contribution in [1.29, 1.82) is 0 Å². The summed E-state index contributed by atoms with van der Waals surface area (Å²) >= 11 is 0. The van der Waals surface area contributed by atoms with E-state index in [0.717, 1.165) is 59.1 Å². The zero-order chi connectivity index (χ0) is 22.5. The van der Waals surface area contributed by atoms with Crippen LogP contribution in [0.25, 0.3) is 16.5 Å². The van der Waals surface area contributed by atoms with Gasteiger partial charge in [-0.3, -0.25) is 0 Å². The second kappa shape index (κ2) is 8.15. The zero-order valence-electron chi connectivity index (χ0n) is 18.9. The number of aryl methyl sites for hydroxylation is 1. The van der Waals surface area contributed by atoms with Crippen molar-refractivity contribution in [3.63, 3.8) is 0 Å². The molecule has 2 aliphatic heterocycles. The minimum Gasteiger partial charge on any atom is -0.484 e. The highest BCUT2D eigenvalue weighted by atomic mass is 32.2. The predicted octanol–water partition coefficient (Wildman–Crippen LogP) is 2.98. The largest absolute Gasteiger partial charge is 0.484 e. The number of likely N-dealkylation sites (N-methyl/N-ethyl adjacent to an activating group) is 1. The normalized spacial score (nSPS) is 21.3. The number of rotatable bonds is 7. The number of ether oxygens (including phenoxy) is 2. The van der Waals surface area contributed by atoms with Gasteiger partial charge in [0.25, 0.3) is 0 Å². The summed E-state index contributed by atoms with van der Waals surface area (Å²) in [5, 5.41) is 4.29. The predicted molar refractivity (Wildman–Crippen MR) is 125 cm³/mol. The molecule has 1 saturated carbocycles. The summed E-state index contributed by atoms with van der Waals surface area (Å²) in [5.41, 5.74) is 3.99. The number of allylic oxidation sites excluding steroid dienone is 1. The molecule has 1 aliphatic carbocycles. The van der Waals surface area contributed by atoms with Gasteiger partial charge in [-0.2, -0.15) is 0 Å². The van der Waals surface area contributed by atoms with Gasteiger partial charge in [0, 0.05) is 44.1 Å². The van der Waals surface area contributed by atoms with Crippen LogP contribution in [0.15, 0.2) is 46.8 Å². The van der Waals surface area contributed by atoms with Gasteiger partial charge >= 0.3 is 0 Å². The summed E-state index contributed by atoms with van der Waals surface area (Å²) in [6.07, 6.45) is 6.99. The van der Waals surface area contributed by atoms with Crippen molar-refractivity contribution >= 4 is 26.3 Å². The lowest BCUT2D eigenvalue weighted by atomic mass is 10.0. The van der Waals surface area contributed by atoms with Crippen molar-refractivity contribution in [1.82, 2.24) is 14.8 Å². The van der Waals surface area contributed by atoms with E-state index in [0.29, 0.717) is 18.0 Å². The average Bonchev–Trinajstić information content (AvgIpc) is 3.50. The highest BCUT2D eigenvalue weighted by Crippen LogP contribution is 2.39. The van der Waals surface area contributed by atoms with Crippen molar-refractivity contribution in [2.75, 3.05) is 40.1 Å². The Hall–Kier alpha value is -2.45. The molecule has 3 aliphatic rings. The first-order valence-electron chi connectivity index (χ1n) is 11.2. The van der Waals surface area contributed by atoms with Gasteiger partial charge in [0.15, 0.2) is 15.6 Å². The van der Waals surface area contributed by atoms with Crippen LogP contribution in [-0.2, 0) is 25.9 Å². The lowest BCUT2D eigenvalue weighted by Crippen LogP contribution is -2.42. The molecule has 1 aromatic carbocycles. The molecule has 8 heteroatoms. The van der Waals surface area contributed by atoms with Gasteiger partial charge in [0.1, 0.15) is 6.10 Å². The maximum absolute atomic E-state index is 12.5. The summed E-state index contributed by atoms with van der Waals surface area (Å²) in [4.78, 5) is 2.52. The molecular formula is C24H31N3O4S. The molecule has 1 fully saturated rings. The lowest BCUT2D eigenvalue weighted by Gasteiger charge is -2.35. The minimum atomic E-state index is -3.35. The number of benzene rings is 1. The number of nitrogens with one attached hydrogen (secondary N) is 1. The third kappa shape index (κ3) is 4.01. The van der Waals surface area contributed by atoms with E-state index in [4.69, 9.17) is 9.47 Å². The van der Waals surface area contributed by atoms with Gasteiger partial charge < -0.3 is 24.3 Å². The molecule has 0 radical (unpaired) electrons. The fraction of sp³-hybridized carbons (Fsp3) is 0.500. The Morgan fingerprint density at radius 1 is 1.28 bits per heavy atom. The minimum absolute atomic E-state index is 0.0681. The van der Waals surface area contributed by atoms with Crippen LogP contribution in [0, 0.1) is 5.92 Å². The monoisotopic (exact) mass is 457 g/mol. The maximum Gasteiger partial charge on any atom is 0.176 e. The Morgan fingerprint density at radius 2 is 2.09 bits per heavy atom. The molecule has 1 atom stereocenters. The smallest absolute Gasteiger partial charge is 0.176 e. The lowest BCUT2D eigenvalue weighted by molar-refractivity contribution is 0.0313. The molecule has 0 saturated heterocycles. The van der Waals surface area contributed by atoms with Crippen molar-refractivity contribution in [2.24, 2.45) is 5.92 Å². The van der Waals surface area contributed by atoms with Crippen molar-refractivity contribution in [3.8, 4) is 0 Å². The van der Waals surface area contributed by atoms with E-state index >= 15 is 0 Å². The van der Waals surface area contributed by atoms with Gasteiger partial charge in [-0.15, -0.1) is 0 Å². The number of hydrogen-bond donors (Lipinski definition) is 1. The third-order valence-electron chi connectivity index (χ3n) is 6.49. The van der Waals surface area contributed by atoms with Crippen LogP contribution in [0.3, 0.4) is 0 Å². The summed E-state index contributed by atoms with van der Waals surface area (Å²) < 4.78 is 39.1. The first-order chi connectivity index (χ1) is 15.3. The summed E-state index contributed by atoms with van der Waals surface area (Å²) in [6, 6.07) is 7.59. The van der Waals surface area contributed by atoms with Gasteiger partial charge in [-0.1, -0.05) is 18.9 Å². The third-order valence-corrected chi connectivity index (χ3v) is 7.65. The van der Waals surface area contributed by atoms with Crippen LogP contribution < -0.4 is 5.32 Å². The molecule has 7 nitrogen and oxygen atoms in total. The second-order valence-electron chi connectivity index (χ2n) is 9.22. The first kappa shape index (κ1) is 21.4. The van der Waals surface area contributed by atoms with Crippen LogP contribution in [-0.4, -0.2) is 64.1 Å². The quantitative estimate of drug-likeness (QED) is 0.689. The molecule has 3 heterocycles. The van der Waals surface area contributed by atoms with Crippen LogP contribution in [0.2, 0.25) is 0 Å². The van der Waals surface area contributed by atoms with Crippen LogP contribution in [0.1, 0.15) is 25.0 Å². The molecule has 5 rings (SSSR count). The molecular weight excluding hydrogens is 426 g/mol. The van der Waals surface area contributed by atoms with E-state index < -0.39 is 9.84 Å². The number of nitrogens with zero attached hydrogens (tertiary/aromatic N) is 2. The first-order valence-corrected chi connectivity index (χ1v) is 13.1. The van der Waals surface area contributed by atoms with Crippen LogP contribution in [0.4, 0.5) is 0 Å². The molecule has 32 heavy (non-hydrogen) atoms. The Morgan fingerprint density at radius 3 is 2.81 bits per heavy atom. The topological polar surface area (TPSA) is 72.8 Å². The molecule has 0 bridgehead atoms. The number of methoxy groups -OCH3 is 1. The highest BCUT2D eigenvalue weighted by Gasteiger charge is 2.31. The second-order valence-corrected chi connectivity index (χ2v) is 11.2. The maximum atomic E-state index is 12.5. The van der Waals surface area contributed by atoms with E-state index in [2.05, 4.69) is 21.0 Å². The number of fused-ring (bicyclic) bond motifs is 1. The highest BCUT2D eigenvalue weighted by molar-refractivity contribution is 7.91. The standard InChI is InChI=1S/C24H31N3O4S/c1-26-13-19(24-20(14-26)25-12-17(31-24)15-30-2)22-11-18-21(27(22)10-9-16-7-8-16)5-4-6-23(18)32(3,28)29/h4-6,11,13,16-17,25H,7-10,12,14-15H2,1-3H3. The summed E-state index contributed by atoms with van der Waals surface area (Å²) in [6.45, 7) is 2.82. The van der Waals surface area contributed by atoms with Crippen LogP contribution >= 0.6 is 0 Å². The Balaban J connectivity index is 1.66. The van der Waals surface area contributed by atoms with Crippen LogP contribution in [0.5, 0.6) is 0 Å². The zero-order valence-corrected chi connectivity index (χ0v) is 19.7. The fourth-order valence-electron chi connectivity index (χ4n) is 4.75.